The van der Waals surface area contributed by atoms with Gasteiger partial charge in [-0.1, -0.05) is 6.07 Å². The van der Waals surface area contributed by atoms with E-state index >= 15 is 0 Å². The molecule has 0 radical (unpaired) electrons. The molecule has 0 bridgehead atoms. The molecule has 0 aromatic carbocycles. The van der Waals surface area contributed by atoms with Crippen LogP contribution in [0.2, 0.25) is 0 Å². The summed E-state index contributed by atoms with van der Waals surface area (Å²) >= 11 is 0. The molecule has 0 unspecified atom stereocenters. The second-order valence-electron chi connectivity index (χ2n) is 6.15. The highest BCUT2D eigenvalue weighted by Crippen LogP contribution is 2.17. The van der Waals surface area contributed by atoms with Crippen LogP contribution in [0.1, 0.15) is 26.5 Å². The summed E-state index contributed by atoms with van der Waals surface area (Å²) < 4.78 is 2.51. The summed E-state index contributed by atoms with van der Waals surface area (Å²) in [5.74, 6) is -0.168. The maximum atomic E-state index is 12.6. The summed E-state index contributed by atoms with van der Waals surface area (Å²) in [7, 11) is 1.60. The molecule has 7 heteroatoms. The minimum absolute atomic E-state index is 0.0796. The minimum atomic E-state index is -0.382. The van der Waals surface area contributed by atoms with Gasteiger partial charge in [-0.2, -0.15) is 5.10 Å². The van der Waals surface area contributed by atoms with Crippen LogP contribution in [-0.2, 0) is 24.9 Å². The zero-order valence-electron chi connectivity index (χ0n) is 13.4. The molecular formula is C15H21N5O2. The molecule has 2 aromatic heterocycles. The Kier molecular flexibility index (Phi) is 4.44. The van der Waals surface area contributed by atoms with E-state index in [9.17, 15) is 9.59 Å². The minimum Gasteiger partial charge on any atom is -0.330 e. The first-order chi connectivity index (χ1) is 10.3. The van der Waals surface area contributed by atoms with Gasteiger partial charge < -0.3 is 4.90 Å². The quantitative estimate of drug-likeness (QED) is 0.837. The average molecular weight is 303 g/mol. The van der Waals surface area contributed by atoms with E-state index in [-0.39, 0.29) is 23.7 Å². The molecule has 7 nitrogen and oxygen atoms in total. The normalized spacial score (nSPS) is 11.5. The van der Waals surface area contributed by atoms with Crippen molar-refractivity contribution in [3.05, 3.63) is 46.9 Å². The third-order valence-corrected chi connectivity index (χ3v) is 3.33. The zero-order chi connectivity index (χ0) is 16.3. The number of amides is 1. The largest absolute Gasteiger partial charge is 0.345 e. The average Bonchev–Trinajstić information content (AvgIpc) is 2.76. The first-order valence-corrected chi connectivity index (χ1v) is 7.08. The van der Waals surface area contributed by atoms with Gasteiger partial charge >= 0.3 is 5.69 Å². The molecule has 2 aromatic rings. The predicted octanol–water partition coefficient (Wildman–Crippen LogP) is 0.804. The van der Waals surface area contributed by atoms with Crippen molar-refractivity contribution in [3.8, 4) is 0 Å². The molecule has 0 aliphatic rings. The van der Waals surface area contributed by atoms with Crippen LogP contribution in [0.25, 0.3) is 0 Å². The van der Waals surface area contributed by atoms with Crippen LogP contribution in [0.4, 0.5) is 0 Å². The molecule has 0 aliphatic carbocycles. The molecule has 0 spiro atoms. The van der Waals surface area contributed by atoms with Crippen LogP contribution in [0.5, 0.6) is 0 Å². The lowest BCUT2D eigenvalue weighted by Gasteiger charge is -2.35. The molecule has 0 saturated heterocycles. The fraction of sp³-hybridized carbons (Fsp3) is 0.467. The Morgan fingerprint density at radius 2 is 2.05 bits per heavy atom. The number of carbonyl (C=O) groups excluding carboxylic acids is 1. The van der Waals surface area contributed by atoms with E-state index in [0.717, 1.165) is 5.69 Å². The van der Waals surface area contributed by atoms with Crippen LogP contribution < -0.4 is 5.69 Å². The van der Waals surface area contributed by atoms with Gasteiger partial charge in [0.2, 0.25) is 5.91 Å². The van der Waals surface area contributed by atoms with Crippen molar-refractivity contribution in [1.29, 1.82) is 0 Å². The Bertz CT molecular complexity index is 697. The predicted molar refractivity (Wildman–Crippen MR) is 82.0 cm³/mol. The number of nitrogens with zero attached hydrogens (tertiary/aromatic N) is 5. The van der Waals surface area contributed by atoms with Gasteiger partial charge in [-0.3, -0.25) is 14.3 Å². The molecule has 0 N–H and O–H groups in total. The topological polar surface area (TPSA) is 73.0 Å². The molecule has 22 heavy (non-hydrogen) atoms. The van der Waals surface area contributed by atoms with Crippen molar-refractivity contribution < 1.29 is 4.79 Å². The summed E-state index contributed by atoms with van der Waals surface area (Å²) in [4.78, 5) is 30.4. The Morgan fingerprint density at radius 3 is 2.55 bits per heavy atom. The van der Waals surface area contributed by atoms with Crippen LogP contribution in [-0.4, -0.2) is 35.7 Å². The molecular weight excluding hydrogens is 282 g/mol. The number of hydrogen-bond donors (Lipinski definition) is 0. The second-order valence-corrected chi connectivity index (χ2v) is 6.15. The number of carbonyl (C=O) groups is 1. The summed E-state index contributed by atoms with van der Waals surface area (Å²) in [6, 6.07) is 5.59. The Morgan fingerprint density at radius 1 is 1.32 bits per heavy atom. The van der Waals surface area contributed by atoms with Gasteiger partial charge in [0.25, 0.3) is 0 Å². The smallest absolute Gasteiger partial charge is 0.330 e. The van der Waals surface area contributed by atoms with Gasteiger partial charge in [-0.25, -0.2) is 9.48 Å². The lowest BCUT2D eigenvalue weighted by atomic mass is 10.1. The lowest BCUT2D eigenvalue weighted by molar-refractivity contribution is -0.137. The maximum absolute atomic E-state index is 12.6. The van der Waals surface area contributed by atoms with Gasteiger partial charge in [0.15, 0.2) is 0 Å². The van der Waals surface area contributed by atoms with Gasteiger partial charge in [0.1, 0.15) is 12.9 Å². The van der Waals surface area contributed by atoms with E-state index in [1.165, 1.54) is 15.6 Å². The maximum Gasteiger partial charge on any atom is 0.345 e. The molecule has 0 saturated carbocycles. The summed E-state index contributed by atoms with van der Waals surface area (Å²) in [5.41, 5.74) is 0.117. The highest BCUT2D eigenvalue weighted by molar-refractivity contribution is 5.76. The van der Waals surface area contributed by atoms with E-state index in [1.54, 1.807) is 18.1 Å². The van der Waals surface area contributed by atoms with E-state index < -0.39 is 0 Å². The van der Waals surface area contributed by atoms with Crippen molar-refractivity contribution >= 4 is 5.91 Å². The second kappa shape index (κ2) is 6.13. The third kappa shape index (κ3) is 3.60. The SMILES string of the molecule is Cn1cnn(CC(=O)N(Cc2ccccn2)C(C)(C)C)c1=O. The number of rotatable bonds is 4. The van der Waals surface area contributed by atoms with Crippen LogP contribution in [0.3, 0.4) is 0 Å². The van der Waals surface area contributed by atoms with Gasteiger partial charge in [0.05, 0.1) is 12.2 Å². The molecule has 0 fully saturated rings. The van der Waals surface area contributed by atoms with Gasteiger partial charge in [0, 0.05) is 18.8 Å². The number of pyridine rings is 1. The van der Waals surface area contributed by atoms with Crippen molar-refractivity contribution in [1.82, 2.24) is 24.2 Å². The first-order valence-electron chi connectivity index (χ1n) is 7.08. The van der Waals surface area contributed by atoms with Crippen molar-refractivity contribution in [2.75, 3.05) is 0 Å². The summed E-state index contributed by atoms with van der Waals surface area (Å²) in [6.45, 7) is 6.17. The fourth-order valence-corrected chi connectivity index (χ4v) is 2.10. The Balaban J connectivity index is 2.20. The van der Waals surface area contributed by atoms with E-state index in [4.69, 9.17) is 0 Å². The summed E-state index contributed by atoms with van der Waals surface area (Å²) in [5, 5.41) is 3.93. The van der Waals surface area contributed by atoms with Crippen LogP contribution in [0, 0.1) is 0 Å². The van der Waals surface area contributed by atoms with E-state index in [2.05, 4.69) is 10.1 Å². The van der Waals surface area contributed by atoms with Crippen molar-refractivity contribution in [2.24, 2.45) is 7.05 Å². The monoisotopic (exact) mass is 303 g/mol. The van der Waals surface area contributed by atoms with Crippen molar-refractivity contribution in [2.45, 2.75) is 39.4 Å². The number of hydrogen-bond acceptors (Lipinski definition) is 4. The number of aromatic nitrogens is 4. The third-order valence-electron chi connectivity index (χ3n) is 3.33. The molecule has 0 atom stereocenters. The lowest BCUT2D eigenvalue weighted by Crippen LogP contribution is -2.47. The zero-order valence-corrected chi connectivity index (χ0v) is 13.4. The molecule has 2 rings (SSSR count). The van der Waals surface area contributed by atoms with E-state index in [0.29, 0.717) is 6.54 Å². The number of aryl methyl sites for hydroxylation is 1. The van der Waals surface area contributed by atoms with Crippen LogP contribution in [0.15, 0.2) is 35.5 Å². The Labute approximate surface area is 129 Å². The highest BCUT2D eigenvalue weighted by atomic mass is 16.2. The molecule has 118 valence electrons. The van der Waals surface area contributed by atoms with Gasteiger partial charge in [-0.05, 0) is 32.9 Å². The first kappa shape index (κ1) is 15.9. The fourth-order valence-electron chi connectivity index (χ4n) is 2.10. The van der Waals surface area contributed by atoms with Gasteiger partial charge in [-0.15, -0.1) is 0 Å². The van der Waals surface area contributed by atoms with E-state index in [1.807, 2.05) is 39.0 Å². The molecule has 1 amide bonds. The standard InChI is InChI=1S/C15H21N5O2/c1-15(2,3)19(9-12-7-5-6-8-16-12)13(21)10-20-14(22)18(4)11-17-20/h5-8,11H,9-10H2,1-4H3. The van der Waals surface area contributed by atoms with Crippen LogP contribution >= 0.6 is 0 Å². The highest BCUT2D eigenvalue weighted by Gasteiger charge is 2.27. The Hall–Kier alpha value is -2.44. The molecule has 2 heterocycles. The van der Waals surface area contributed by atoms with Crippen molar-refractivity contribution in [3.63, 3.8) is 0 Å². The molecule has 0 aliphatic heterocycles. The summed E-state index contributed by atoms with van der Waals surface area (Å²) in [6.07, 6.45) is 3.10.